The zero-order valence-electron chi connectivity index (χ0n) is 14.9. The van der Waals surface area contributed by atoms with E-state index in [4.69, 9.17) is 10.00 Å². The van der Waals surface area contributed by atoms with Crippen molar-refractivity contribution in [3.05, 3.63) is 23.8 Å². The molecule has 1 aromatic rings. The summed E-state index contributed by atoms with van der Waals surface area (Å²) in [5.41, 5.74) is 0.469. The zero-order valence-corrected chi connectivity index (χ0v) is 14.9. The van der Waals surface area contributed by atoms with Gasteiger partial charge in [-0.25, -0.2) is 0 Å². The van der Waals surface area contributed by atoms with Crippen molar-refractivity contribution in [2.75, 3.05) is 26.8 Å². The third-order valence-electron chi connectivity index (χ3n) is 3.46. The summed E-state index contributed by atoms with van der Waals surface area (Å²) in [6.07, 6.45) is -9.59. The van der Waals surface area contributed by atoms with E-state index in [1.54, 1.807) is 6.07 Å². The molecule has 0 fully saturated rings. The van der Waals surface area contributed by atoms with Gasteiger partial charge in [-0.15, -0.1) is 0 Å². The van der Waals surface area contributed by atoms with Crippen LogP contribution in [0.1, 0.15) is 18.4 Å². The van der Waals surface area contributed by atoms with Gasteiger partial charge >= 0.3 is 12.4 Å². The molecule has 11 heteroatoms. The smallest absolute Gasteiger partial charge is 0.422 e. The molecular weight excluding hydrogens is 394 g/mol. The Labute approximate surface area is 157 Å². The minimum absolute atomic E-state index is 0.00540. The number of amides is 1. The van der Waals surface area contributed by atoms with Crippen molar-refractivity contribution in [2.24, 2.45) is 0 Å². The van der Waals surface area contributed by atoms with Gasteiger partial charge in [-0.05, 0) is 24.1 Å². The van der Waals surface area contributed by atoms with Gasteiger partial charge < -0.3 is 14.4 Å². The summed E-state index contributed by atoms with van der Waals surface area (Å²) in [5, 5.41) is 8.52. The third kappa shape index (κ3) is 8.83. The first-order valence-electron chi connectivity index (χ1n) is 8.03. The monoisotopic (exact) mass is 412 g/mol. The van der Waals surface area contributed by atoms with E-state index >= 15 is 0 Å². The molecule has 5 nitrogen and oxygen atoms in total. The normalized spacial score (nSPS) is 11.6. The highest BCUT2D eigenvalue weighted by Crippen LogP contribution is 2.30. The summed E-state index contributed by atoms with van der Waals surface area (Å²) in [6, 6.07) is 5.66. The quantitative estimate of drug-likeness (QED) is 0.578. The van der Waals surface area contributed by atoms with Crippen molar-refractivity contribution in [1.82, 2.24) is 4.90 Å². The van der Waals surface area contributed by atoms with Gasteiger partial charge in [0.2, 0.25) is 5.91 Å². The Morgan fingerprint density at radius 3 is 2.36 bits per heavy atom. The van der Waals surface area contributed by atoms with Crippen molar-refractivity contribution < 1.29 is 40.6 Å². The van der Waals surface area contributed by atoms with E-state index in [0.29, 0.717) is 10.5 Å². The van der Waals surface area contributed by atoms with Crippen LogP contribution in [0, 0.1) is 11.3 Å². The average molecular weight is 412 g/mol. The van der Waals surface area contributed by atoms with E-state index in [9.17, 15) is 31.1 Å². The predicted molar refractivity (Wildman–Crippen MR) is 85.7 cm³/mol. The minimum Gasteiger partial charge on any atom is -0.493 e. The molecule has 0 aliphatic rings. The zero-order chi connectivity index (χ0) is 21.4. The van der Waals surface area contributed by atoms with E-state index in [-0.39, 0.29) is 37.3 Å². The molecule has 0 saturated carbocycles. The van der Waals surface area contributed by atoms with Crippen molar-refractivity contribution in [3.8, 4) is 17.6 Å². The number of aryl methyl sites for hydroxylation is 1. The molecule has 1 rings (SSSR count). The summed E-state index contributed by atoms with van der Waals surface area (Å²) >= 11 is 0. The van der Waals surface area contributed by atoms with Gasteiger partial charge in [-0.3, -0.25) is 4.79 Å². The number of carbonyl (C=O) groups is 1. The maximum atomic E-state index is 12.6. The maximum absolute atomic E-state index is 12.6. The Morgan fingerprint density at radius 1 is 1.14 bits per heavy atom. The summed E-state index contributed by atoms with van der Waals surface area (Å²) in [6.45, 7) is -3.31. The van der Waals surface area contributed by atoms with Crippen LogP contribution in [0.2, 0.25) is 0 Å². The maximum Gasteiger partial charge on any atom is 0.422 e. The third-order valence-corrected chi connectivity index (χ3v) is 3.46. The lowest BCUT2D eigenvalue weighted by Crippen LogP contribution is -2.39. The molecule has 0 aliphatic carbocycles. The van der Waals surface area contributed by atoms with Crippen molar-refractivity contribution in [2.45, 2.75) is 31.6 Å². The van der Waals surface area contributed by atoms with Gasteiger partial charge in [-0.1, -0.05) is 6.07 Å². The van der Waals surface area contributed by atoms with Crippen LogP contribution >= 0.6 is 0 Å². The molecule has 28 heavy (non-hydrogen) atoms. The number of carbonyl (C=O) groups excluding carboxylic acids is 1. The van der Waals surface area contributed by atoms with Crippen LogP contribution in [0.5, 0.6) is 11.5 Å². The Balaban J connectivity index is 2.76. The molecule has 156 valence electrons. The summed E-state index contributed by atoms with van der Waals surface area (Å²) in [5.74, 6) is -0.933. The Kier molecular flexibility index (Phi) is 8.40. The molecule has 0 heterocycles. The summed E-state index contributed by atoms with van der Waals surface area (Å²) in [7, 11) is 1.22. The van der Waals surface area contributed by atoms with Gasteiger partial charge in [0.15, 0.2) is 18.1 Å². The van der Waals surface area contributed by atoms with Crippen molar-refractivity contribution >= 4 is 5.91 Å². The second-order valence-corrected chi connectivity index (χ2v) is 5.73. The molecular formula is C17H18F6N2O3. The highest BCUT2D eigenvalue weighted by Gasteiger charge is 2.32. The first kappa shape index (κ1) is 23.4. The van der Waals surface area contributed by atoms with Crippen LogP contribution in [0.4, 0.5) is 26.3 Å². The molecule has 0 spiro atoms. The highest BCUT2D eigenvalue weighted by atomic mass is 19.4. The number of nitriles is 1. The van der Waals surface area contributed by atoms with Gasteiger partial charge in [-0.2, -0.15) is 31.6 Å². The van der Waals surface area contributed by atoms with E-state index in [1.807, 2.05) is 0 Å². The molecule has 1 aromatic carbocycles. The van der Waals surface area contributed by atoms with E-state index in [2.05, 4.69) is 4.74 Å². The number of ether oxygens (including phenoxy) is 2. The van der Waals surface area contributed by atoms with Crippen LogP contribution in [0.25, 0.3) is 0 Å². The van der Waals surface area contributed by atoms with Crippen LogP contribution in [-0.4, -0.2) is 50.0 Å². The lowest BCUT2D eigenvalue weighted by molar-refractivity contribution is -0.161. The minimum atomic E-state index is -4.59. The number of alkyl halides is 6. The first-order valence-corrected chi connectivity index (χ1v) is 8.03. The average Bonchev–Trinajstić information content (AvgIpc) is 2.59. The van der Waals surface area contributed by atoms with E-state index < -0.39 is 31.4 Å². The van der Waals surface area contributed by atoms with Crippen LogP contribution in [0.3, 0.4) is 0 Å². The fraction of sp³-hybridized carbons (Fsp3) is 0.529. The van der Waals surface area contributed by atoms with Gasteiger partial charge in [0.1, 0.15) is 6.54 Å². The molecule has 0 aliphatic heterocycles. The van der Waals surface area contributed by atoms with Crippen LogP contribution in [-0.2, 0) is 11.2 Å². The Hall–Kier alpha value is -2.64. The molecule has 0 radical (unpaired) electrons. The lowest BCUT2D eigenvalue weighted by Gasteiger charge is -2.23. The summed E-state index contributed by atoms with van der Waals surface area (Å²) < 4.78 is 84.0. The Bertz CT molecular complexity index is 698. The second kappa shape index (κ2) is 10.1. The SMILES string of the molecule is COc1cc(CCC(=O)N(CCC#N)CC(F)(F)F)ccc1OCC(F)(F)F. The molecule has 0 unspecified atom stereocenters. The number of nitrogens with zero attached hydrogens (tertiary/aromatic N) is 2. The number of hydrogen-bond donors (Lipinski definition) is 0. The van der Waals surface area contributed by atoms with Crippen molar-refractivity contribution in [3.63, 3.8) is 0 Å². The first-order chi connectivity index (χ1) is 12.9. The highest BCUT2D eigenvalue weighted by molar-refractivity contribution is 5.76. The standard InChI is InChI=1S/C17H18F6N2O3/c1-27-14-9-12(3-5-13(14)28-11-17(21,22)23)4-6-15(26)25(8-2-7-24)10-16(18,19)20/h3,5,9H,2,4,6,8,10-11H2,1H3. The predicted octanol–water partition coefficient (Wildman–Crippen LogP) is 3.87. The van der Waals surface area contributed by atoms with Gasteiger partial charge in [0, 0.05) is 13.0 Å². The largest absolute Gasteiger partial charge is 0.493 e. The van der Waals surface area contributed by atoms with Crippen LogP contribution < -0.4 is 9.47 Å². The number of rotatable bonds is 9. The fourth-order valence-corrected chi connectivity index (χ4v) is 2.25. The van der Waals surface area contributed by atoms with E-state index in [0.717, 1.165) is 0 Å². The Morgan fingerprint density at radius 2 is 1.82 bits per heavy atom. The molecule has 0 bridgehead atoms. The molecule has 1 amide bonds. The lowest BCUT2D eigenvalue weighted by atomic mass is 10.1. The topological polar surface area (TPSA) is 62.6 Å². The van der Waals surface area contributed by atoms with Gasteiger partial charge in [0.05, 0.1) is 19.6 Å². The van der Waals surface area contributed by atoms with Crippen LogP contribution in [0.15, 0.2) is 18.2 Å². The molecule has 0 N–H and O–H groups in total. The van der Waals surface area contributed by atoms with E-state index in [1.165, 1.54) is 25.3 Å². The van der Waals surface area contributed by atoms with Gasteiger partial charge in [0.25, 0.3) is 0 Å². The molecule has 0 saturated heterocycles. The van der Waals surface area contributed by atoms with Crippen molar-refractivity contribution in [1.29, 1.82) is 5.26 Å². The number of hydrogen-bond acceptors (Lipinski definition) is 4. The summed E-state index contributed by atoms with van der Waals surface area (Å²) in [4.78, 5) is 12.6. The molecule has 0 atom stereocenters. The fourth-order valence-electron chi connectivity index (χ4n) is 2.25. The number of benzene rings is 1. The second-order valence-electron chi connectivity index (χ2n) is 5.73. The number of methoxy groups -OCH3 is 1. The number of halogens is 6. The molecule has 0 aromatic heterocycles.